The fraction of sp³-hybridized carbons (Fsp3) is 0.364. The Balaban J connectivity index is 1.81. The largest absolute Gasteiger partial charge is 0.302 e. The molecule has 10 heteroatoms. The molecule has 0 N–H and O–H groups in total. The van der Waals surface area contributed by atoms with Crippen molar-refractivity contribution >= 4 is 54.0 Å². The van der Waals surface area contributed by atoms with E-state index in [4.69, 9.17) is 11.6 Å². The van der Waals surface area contributed by atoms with E-state index in [9.17, 15) is 17.6 Å². The van der Waals surface area contributed by atoms with E-state index in [0.717, 1.165) is 35.4 Å². The van der Waals surface area contributed by atoms with E-state index >= 15 is 0 Å². The van der Waals surface area contributed by atoms with Crippen LogP contribution < -0.4 is 4.90 Å². The average molecular weight is 498 g/mol. The molecule has 3 aromatic rings. The molecule has 0 fully saturated rings. The van der Waals surface area contributed by atoms with Crippen molar-refractivity contribution < 1.29 is 17.6 Å². The summed E-state index contributed by atoms with van der Waals surface area (Å²) < 4.78 is 39.2. The molecule has 0 atom stereocenters. The maximum absolute atomic E-state index is 13.1. The number of carbonyl (C=O) groups excluding carboxylic acids is 1. The van der Waals surface area contributed by atoms with E-state index in [1.165, 1.54) is 23.5 Å². The molecule has 2 aromatic carbocycles. The van der Waals surface area contributed by atoms with Crippen LogP contribution in [0.15, 0.2) is 47.4 Å². The van der Waals surface area contributed by atoms with Crippen molar-refractivity contribution in [3.8, 4) is 0 Å². The topological polar surface area (TPSA) is 70.6 Å². The number of benzene rings is 2. The van der Waals surface area contributed by atoms with Crippen molar-refractivity contribution in [3.63, 3.8) is 0 Å². The highest BCUT2D eigenvalue weighted by Gasteiger charge is 2.23. The molecule has 0 saturated heterocycles. The number of carbonyl (C=O) groups is 1. The Labute approximate surface area is 196 Å². The van der Waals surface area contributed by atoms with Gasteiger partial charge in [0.15, 0.2) is 15.0 Å². The molecule has 172 valence electrons. The summed E-state index contributed by atoms with van der Waals surface area (Å²) in [5.41, 5.74) is 0.731. The second-order valence-electron chi connectivity index (χ2n) is 7.20. The number of hydrogen-bond acceptors (Lipinski definition) is 6. The van der Waals surface area contributed by atoms with E-state index < -0.39 is 15.7 Å². The van der Waals surface area contributed by atoms with Gasteiger partial charge < -0.3 is 4.90 Å². The standard InChI is InChI=1S/C22H25ClFN3O3S2/c1-3-26(4-2)12-13-27(22-25-19-10-5-16(23)15-20(19)31-22)21(28)11-14-32(29,30)18-8-6-17(24)7-9-18/h5-10,15H,3-4,11-14H2,1-2H3. The van der Waals surface area contributed by atoms with Crippen LogP contribution >= 0.6 is 22.9 Å². The lowest BCUT2D eigenvalue weighted by Crippen LogP contribution is -2.39. The van der Waals surface area contributed by atoms with Crippen LogP contribution in [0.3, 0.4) is 0 Å². The summed E-state index contributed by atoms with van der Waals surface area (Å²) in [7, 11) is -3.72. The van der Waals surface area contributed by atoms with Gasteiger partial charge in [-0.1, -0.05) is 36.8 Å². The minimum atomic E-state index is -3.72. The van der Waals surface area contributed by atoms with E-state index in [1.807, 2.05) is 13.8 Å². The van der Waals surface area contributed by atoms with Gasteiger partial charge in [-0.25, -0.2) is 17.8 Å². The molecular weight excluding hydrogens is 473 g/mol. The van der Waals surface area contributed by atoms with Crippen LogP contribution in [-0.4, -0.2) is 56.1 Å². The van der Waals surface area contributed by atoms with Crippen LogP contribution in [0, 0.1) is 5.82 Å². The summed E-state index contributed by atoms with van der Waals surface area (Å²) in [5.74, 6) is -1.21. The van der Waals surface area contributed by atoms with Crippen molar-refractivity contribution in [1.82, 2.24) is 9.88 Å². The third kappa shape index (κ3) is 6.04. The van der Waals surface area contributed by atoms with Gasteiger partial charge in [0.2, 0.25) is 5.91 Å². The molecule has 0 aliphatic heterocycles. The number of sulfone groups is 1. The molecule has 1 heterocycles. The van der Waals surface area contributed by atoms with Gasteiger partial charge in [-0.2, -0.15) is 0 Å². The maximum atomic E-state index is 13.1. The first-order valence-electron chi connectivity index (χ1n) is 10.3. The smallest absolute Gasteiger partial charge is 0.229 e. The molecular formula is C22H25ClFN3O3S2. The van der Waals surface area contributed by atoms with E-state index in [1.54, 1.807) is 23.1 Å². The van der Waals surface area contributed by atoms with Gasteiger partial charge in [0.1, 0.15) is 5.82 Å². The molecule has 0 aliphatic rings. The quantitative estimate of drug-likeness (QED) is 0.382. The highest BCUT2D eigenvalue weighted by molar-refractivity contribution is 7.91. The summed E-state index contributed by atoms with van der Waals surface area (Å²) >= 11 is 7.43. The van der Waals surface area contributed by atoms with Crippen molar-refractivity contribution in [2.24, 2.45) is 0 Å². The number of hydrogen-bond donors (Lipinski definition) is 0. The zero-order valence-corrected chi connectivity index (χ0v) is 20.3. The second kappa shape index (κ2) is 10.7. The minimum Gasteiger partial charge on any atom is -0.302 e. The first-order valence-corrected chi connectivity index (χ1v) is 13.1. The highest BCUT2D eigenvalue weighted by atomic mass is 35.5. The molecule has 0 spiro atoms. The van der Waals surface area contributed by atoms with Gasteiger partial charge in [-0.3, -0.25) is 9.69 Å². The van der Waals surface area contributed by atoms with Gasteiger partial charge in [0.25, 0.3) is 0 Å². The van der Waals surface area contributed by atoms with Gasteiger partial charge in [-0.15, -0.1) is 0 Å². The molecule has 0 unspecified atom stereocenters. The number of amides is 1. The Morgan fingerprint density at radius 1 is 1.09 bits per heavy atom. The minimum absolute atomic E-state index is 0.00369. The third-order valence-corrected chi connectivity index (χ3v) is 8.17. The second-order valence-corrected chi connectivity index (χ2v) is 10.8. The lowest BCUT2D eigenvalue weighted by Gasteiger charge is -2.24. The molecule has 1 amide bonds. The molecule has 0 radical (unpaired) electrons. The van der Waals surface area contributed by atoms with Crippen LogP contribution in [0.1, 0.15) is 20.3 Å². The van der Waals surface area contributed by atoms with Crippen LogP contribution in [-0.2, 0) is 14.6 Å². The Bertz CT molecular complexity index is 1180. The number of likely N-dealkylation sites (N-methyl/N-ethyl adjacent to an activating group) is 1. The van der Waals surface area contributed by atoms with Crippen molar-refractivity contribution in [2.45, 2.75) is 25.2 Å². The van der Waals surface area contributed by atoms with E-state index in [0.29, 0.717) is 23.2 Å². The number of fused-ring (bicyclic) bond motifs is 1. The summed E-state index contributed by atoms with van der Waals surface area (Å²) in [5, 5.41) is 1.10. The predicted octanol–water partition coefficient (Wildman–Crippen LogP) is 4.63. The number of rotatable bonds is 10. The molecule has 3 rings (SSSR count). The Morgan fingerprint density at radius 2 is 1.78 bits per heavy atom. The molecule has 0 bridgehead atoms. The third-order valence-electron chi connectivity index (χ3n) is 5.16. The zero-order chi connectivity index (χ0) is 23.3. The van der Waals surface area contributed by atoms with Crippen molar-refractivity contribution in [1.29, 1.82) is 0 Å². The Hall–Kier alpha value is -2.07. The van der Waals surface area contributed by atoms with Crippen molar-refractivity contribution in [3.05, 3.63) is 53.3 Å². The van der Waals surface area contributed by atoms with Gasteiger partial charge in [-0.05, 0) is 55.6 Å². The zero-order valence-electron chi connectivity index (χ0n) is 17.9. The average Bonchev–Trinajstić information content (AvgIpc) is 3.18. The molecule has 32 heavy (non-hydrogen) atoms. The summed E-state index contributed by atoms with van der Waals surface area (Å²) in [6, 6.07) is 9.95. The lowest BCUT2D eigenvalue weighted by atomic mass is 10.3. The first kappa shape index (κ1) is 24.6. The molecule has 0 aliphatic carbocycles. The summed E-state index contributed by atoms with van der Waals surface area (Å²) in [4.78, 5) is 21.4. The van der Waals surface area contributed by atoms with Crippen LogP contribution in [0.5, 0.6) is 0 Å². The summed E-state index contributed by atoms with van der Waals surface area (Å²) in [6.07, 6.45) is -0.200. The number of nitrogens with zero attached hydrogens (tertiary/aromatic N) is 3. The van der Waals surface area contributed by atoms with Gasteiger partial charge in [0.05, 0.1) is 20.9 Å². The summed E-state index contributed by atoms with van der Waals surface area (Å²) in [6.45, 7) is 6.81. The maximum Gasteiger partial charge on any atom is 0.229 e. The van der Waals surface area contributed by atoms with Gasteiger partial charge in [0, 0.05) is 24.5 Å². The van der Waals surface area contributed by atoms with E-state index in [2.05, 4.69) is 9.88 Å². The Kier molecular flexibility index (Phi) is 8.21. The van der Waals surface area contributed by atoms with Gasteiger partial charge >= 0.3 is 0 Å². The van der Waals surface area contributed by atoms with Crippen LogP contribution in [0.4, 0.5) is 9.52 Å². The molecule has 1 aromatic heterocycles. The fourth-order valence-corrected chi connectivity index (χ4v) is 5.74. The molecule has 6 nitrogen and oxygen atoms in total. The number of anilines is 1. The van der Waals surface area contributed by atoms with Crippen LogP contribution in [0.25, 0.3) is 10.2 Å². The predicted molar refractivity (Wildman–Crippen MR) is 128 cm³/mol. The van der Waals surface area contributed by atoms with Crippen LogP contribution in [0.2, 0.25) is 5.02 Å². The lowest BCUT2D eigenvalue weighted by molar-refractivity contribution is -0.118. The normalized spacial score (nSPS) is 11.9. The fourth-order valence-electron chi connectivity index (χ4n) is 3.23. The SMILES string of the molecule is CCN(CC)CCN(C(=O)CCS(=O)(=O)c1ccc(F)cc1)c1nc2ccc(Cl)cc2s1. The Morgan fingerprint density at radius 3 is 2.44 bits per heavy atom. The molecule has 0 saturated carbocycles. The van der Waals surface area contributed by atoms with Crippen molar-refractivity contribution in [2.75, 3.05) is 36.8 Å². The number of aromatic nitrogens is 1. The number of halogens is 2. The monoisotopic (exact) mass is 497 g/mol. The first-order chi connectivity index (χ1) is 15.2. The highest BCUT2D eigenvalue weighted by Crippen LogP contribution is 2.31. The number of thiazole rings is 1. The van der Waals surface area contributed by atoms with E-state index in [-0.39, 0.29) is 23.0 Å².